The number of aromatic nitrogens is 2. The first-order chi connectivity index (χ1) is 21.3. The highest BCUT2D eigenvalue weighted by molar-refractivity contribution is 5.92. The van der Waals surface area contributed by atoms with Crippen molar-refractivity contribution >= 4 is 28.8 Å². The van der Waals surface area contributed by atoms with E-state index in [0.29, 0.717) is 24.1 Å². The van der Waals surface area contributed by atoms with Crippen molar-refractivity contribution in [2.45, 2.75) is 110 Å². The number of hydrogen-bond acceptors (Lipinski definition) is 9. The maximum atomic E-state index is 14.2. The number of carbonyl (C=O) groups excluding carboxylic acids is 3. The molecule has 1 N–H and O–H groups in total. The van der Waals surface area contributed by atoms with Gasteiger partial charge in [-0.1, -0.05) is 40.5 Å². The van der Waals surface area contributed by atoms with Gasteiger partial charge >= 0.3 is 12.4 Å². The van der Waals surface area contributed by atoms with E-state index >= 15 is 0 Å². The van der Waals surface area contributed by atoms with E-state index in [0.717, 1.165) is 32.1 Å². The Kier molecular flexibility index (Phi) is 8.01. The smallest absolute Gasteiger partial charge is 0.471 e. The molecule has 13 heteroatoms. The first kappa shape index (κ1) is 31.2. The highest BCUT2D eigenvalue weighted by Crippen LogP contribution is 2.46. The first-order valence-electron chi connectivity index (χ1n) is 15.8. The Morgan fingerprint density at radius 2 is 1.87 bits per heavy atom. The zero-order valence-electron chi connectivity index (χ0n) is 26.2. The Balaban J connectivity index is 1.40. The molecule has 244 valence electrons. The predicted octanol–water partition coefficient (Wildman–Crippen LogP) is 5.17. The zero-order chi connectivity index (χ0) is 32.3. The van der Waals surface area contributed by atoms with E-state index in [2.05, 4.69) is 15.0 Å². The third-order valence-electron chi connectivity index (χ3n) is 9.25. The van der Waals surface area contributed by atoms with Crippen molar-refractivity contribution in [1.29, 1.82) is 0 Å². The van der Waals surface area contributed by atoms with E-state index in [9.17, 15) is 23.2 Å². The van der Waals surface area contributed by atoms with Gasteiger partial charge < -0.3 is 29.2 Å². The Bertz CT molecular complexity index is 1510. The van der Waals surface area contributed by atoms with Crippen molar-refractivity contribution in [3.8, 4) is 17.4 Å². The summed E-state index contributed by atoms with van der Waals surface area (Å²) in [6.45, 7) is 8.94. The summed E-state index contributed by atoms with van der Waals surface area (Å²) in [5.74, 6) is -0.979. The second-order valence-corrected chi connectivity index (χ2v) is 13.7. The van der Waals surface area contributed by atoms with Crippen molar-refractivity contribution < 1.29 is 42.1 Å². The normalized spacial score (nSPS) is 29.9. The van der Waals surface area contributed by atoms with Crippen LogP contribution in [0.1, 0.15) is 78.8 Å². The quantitative estimate of drug-likeness (QED) is 0.478. The van der Waals surface area contributed by atoms with E-state index in [1.807, 2.05) is 27.7 Å². The third-order valence-corrected chi connectivity index (χ3v) is 9.25. The van der Waals surface area contributed by atoms with Gasteiger partial charge in [-0.2, -0.15) is 0 Å². The van der Waals surface area contributed by atoms with Crippen LogP contribution in [0.15, 0.2) is 12.1 Å². The van der Waals surface area contributed by atoms with Crippen LogP contribution in [-0.4, -0.2) is 69.8 Å². The summed E-state index contributed by atoms with van der Waals surface area (Å²) in [5, 5.41) is 2.80. The van der Waals surface area contributed by atoms with Crippen LogP contribution in [0.25, 0.3) is 11.0 Å². The van der Waals surface area contributed by atoms with Crippen LogP contribution in [0.4, 0.5) is 13.6 Å². The van der Waals surface area contributed by atoms with E-state index in [-0.39, 0.29) is 47.2 Å². The molecule has 0 spiro atoms. The Morgan fingerprint density at radius 1 is 1.09 bits per heavy atom. The Morgan fingerprint density at radius 3 is 2.58 bits per heavy atom. The number of halogens is 2. The second kappa shape index (κ2) is 11.5. The molecule has 1 aromatic heterocycles. The summed E-state index contributed by atoms with van der Waals surface area (Å²) in [4.78, 5) is 51.1. The topological polar surface area (TPSA) is 129 Å². The number of hydrogen-bond donors (Lipinski definition) is 1. The van der Waals surface area contributed by atoms with Crippen molar-refractivity contribution in [3.63, 3.8) is 0 Å². The number of nitrogens with one attached hydrogen (secondary N) is 1. The fourth-order valence-electron chi connectivity index (χ4n) is 6.83. The van der Waals surface area contributed by atoms with Crippen molar-refractivity contribution in [2.75, 3.05) is 6.54 Å². The van der Waals surface area contributed by atoms with Gasteiger partial charge in [-0.3, -0.25) is 9.59 Å². The lowest BCUT2D eigenvalue weighted by molar-refractivity contribution is -0.286. The molecular weight excluding hydrogens is 590 g/mol. The molecule has 4 aliphatic rings. The van der Waals surface area contributed by atoms with Crippen molar-refractivity contribution in [1.82, 2.24) is 20.2 Å². The van der Waals surface area contributed by atoms with Gasteiger partial charge in [0.2, 0.25) is 17.5 Å². The van der Waals surface area contributed by atoms with Crippen LogP contribution >= 0.6 is 0 Å². The number of aryl methyl sites for hydroxylation is 1. The monoisotopic (exact) mass is 630 g/mol. The molecule has 6 rings (SSSR count). The van der Waals surface area contributed by atoms with Gasteiger partial charge in [0, 0.05) is 5.92 Å². The second-order valence-electron chi connectivity index (χ2n) is 13.7. The number of alkyl halides is 2. The Labute approximate surface area is 260 Å². The van der Waals surface area contributed by atoms with Gasteiger partial charge in [0.25, 0.3) is 0 Å². The van der Waals surface area contributed by atoms with Gasteiger partial charge in [0.1, 0.15) is 29.5 Å². The molecule has 3 aliphatic heterocycles. The number of ether oxygens (including phenoxy) is 4. The number of benzene rings is 1. The third kappa shape index (κ3) is 6.22. The van der Waals surface area contributed by atoms with Crippen LogP contribution in [0.5, 0.6) is 17.4 Å². The number of carbonyl (C=O) groups is 3. The standard InChI is InChI=1S/C32H40F2N4O7/c1-6-18-23-15-38(25(18)16(2)39)29(40)27(31(3,4)5)37-30(41)43-22-14-17(22)10-8-7-9-11-20-28(42-23)36-24-19(35-20)12-13-21-26(24)45-32(33,34)44-21/h12-13,17-18,22-23,25,27H,6-11,14-15H2,1-5H3,(H,37,41)/t17-,18?,22-,23+,25-,27-/m1/s1. The average Bonchev–Trinajstić information content (AvgIpc) is 3.43. The van der Waals surface area contributed by atoms with E-state index in [4.69, 9.17) is 19.2 Å². The maximum absolute atomic E-state index is 14.2. The highest BCUT2D eigenvalue weighted by atomic mass is 19.3. The lowest BCUT2D eigenvalue weighted by Crippen LogP contribution is -2.57. The molecule has 6 atom stereocenters. The number of fused-ring (bicyclic) bond motifs is 7. The number of ketones is 1. The number of nitrogens with zero attached hydrogens (tertiary/aromatic N) is 3. The molecule has 1 aromatic carbocycles. The fourth-order valence-corrected chi connectivity index (χ4v) is 6.83. The number of rotatable bonds is 2. The molecule has 2 amide bonds. The van der Waals surface area contributed by atoms with Gasteiger partial charge in [0.15, 0.2) is 11.5 Å². The largest absolute Gasteiger partial charge is 0.586 e. The summed E-state index contributed by atoms with van der Waals surface area (Å²) >= 11 is 0. The zero-order valence-corrected chi connectivity index (χ0v) is 26.2. The molecule has 45 heavy (non-hydrogen) atoms. The predicted molar refractivity (Wildman–Crippen MR) is 157 cm³/mol. The van der Waals surface area contributed by atoms with E-state index in [1.54, 1.807) is 6.07 Å². The summed E-state index contributed by atoms with van der Waals surface area (Å²) in [6, 6.07) is 1.17. The lowest BCUT2D eigenvalue weighted by atomic mass is 9.85. The minimum atomic E-state index is -3.83. The van der Waals surface area contributed by atoms with Gasteiger partial charge in [0.05, 0.1) is 18.1 Å². The first-order valence-corrected chi connectivity index (χ1v) is 15.8. The molecular formula is C32H40F2N4O7. The van der Waals surface area contributed by atoms with Crippen LogP contribution in [0.3, 0.4) is 0 Å². The van der Waals surface area contributed by atoms with Crippen molar-refractivity contribution in [3.05, 3.63) is 17.8 Å². The van der Waals surface area contributed by atoms with Crippen LogP contribution in [0.2, 0.25) is 0 Å². The molecule has 1 saturated heterocycles. The van der Waals surface area contributed by atoms with Gasteiger partial charge in [-0.15, -0.1) is 8.78 Å². The molecule has 1 unspecified atom stereocenters. The highest BCUT2D eigenvalue weighted by Gasteiger charge is 2.51. The molecule has 2 bridgehead atoms. The van der Waals surface area contributed by atoms with Crippen LogP contribution < -0.4 is 19.5 Å². The number of amides is 2. The summed E-state index contributed by atoms with van der Waals surface area (Å²) in [6.07, 6.45) is -0.0227. The molecule has 2 aromatic rings. The minimum Gasteiger partial charge on any atom is -0.471 e. The summed E-state index contributed by atoms with van der Waals surface area (Å²) < 4.78 is 49.7. The van der Waals surface area contributed by atoms with Gasteiger partial charge in [-0.25, -0.2) is 14.8 Å². The SMILES string of the molecule is CCC1[C@@H]2CN(C(=O)[C@H](C(C)(C)C)NC(=O)O[C@@H]3C[C@H]3CCCCCc3nc4ccc5c(c4nc3O2)OC(F)(F)O5)[C@@H]1C(C)=O. The van der Waals surface area contributed by atoms with Crippen LogP contribution in [0, 0.1) is 17.3 Å². The van der Waals surface area contributed by atoms with E-state index in [1.165, 1.54) is 17.9 Å². The fraction of sp³-hybridized carbons (Fsp3) is 0.656. The Hall–Kier alpha value is -3.77. The van der Waals surface area contributed by atoms with Crippen LogP contribution in [-0.2, 0) is 20.7 Å². The van der Waals surface area contributed by atoms with E-state index < -0.39 is 47.8 Å². The summed E-state index contributed by atoms with van der Waals surface area (Å²) in [5.41, 5.74) is 0.297. The molecule has 0 radical (unpaired) electrons. The molecule has 1 saturated carbocycles. The molecule has 2 fully saturated rings. The number of Topliss-reactive ketones (excluding diaryl/α,β-unsaturated/α-hetero) is 1. The lowest BCUT2D eigenvalue weighted by Gasteiger charge is -2.35. The summed E-state index contributed by atoms with van der Waals surface area (Å²) in [7, 11) is 0. The minimum absolute atomic E-state index is 0.0549. The molecule has 1 aliphatic carbocycles. The van der Waals surface area contributed by atoms with Gasteiger partial charge in [-0.05, 0) is 62.5 Å². The van der Waals surface area contributed by atoms with Crippen molar-refractivity contribution in [2.24, 2.45) is 17.3 Å². The number of alkyl carbamates (subject to hydrolysis) is 1. The average molecular weight is 631 g/mol. The maximum Gasteiger partial charge on any atom is 0.586 e. The molecule has 11 nitrogen and oxygen atoms in total. The molecule has 4 heterocycles.